The molecule has 0 aliphatic heterocycles. The summed E-state index contributed by atoms with van der Waals surface area (Å²) in [4.78, 5) is 25.0. The predicted molar refractivity (Wildman–Crippen MR) is 69.1 cm³/mol. The maximum atomic E-state index is 13.2. The number of ether oxygens (including phenoxy) is 1. The molecule has 0 bridgehead atoms. The van der Waals surface area contributed by atoms with Gasteiger partial charge in [-0.3, -0.25) is 10.1 Å². The molecule has 2 aromatic rings. The molecule has 1 aromatic carbocycles. The molecule has 0 saturated carbocycles. The van der Waals surface area contributed by atoms with Crippen molar-refractivity contribution >= 4 is 11.7 Å². The smallest absolute Gasteiger partial charge is 0.335 e. The number of carboxylic acid groups (broad SMARTS) is 1. The summed E-state index contributed by atoms with van der Waals surface area (Å²) in [5.74, 6) is -2.43. The summed E-state index contributed by atoms with van der Waals surface area (Å²) in [5.41, 5.74) is -0.183. The minimum atomic E-state index is -1.20. The molecule has 0 fully saturated rings. The number of nitro groups is 1. The molecule has 0 radical (unpaired) electrons. The van der Waals surface area contributed by atoms with Crippen molar-refractivity contribution in [2.45, 2.75) is 6.92 Å². The van der Waals surface area contributed by atoms with E-state index < -0.39 is 22.4 Å². The fourth-order valence-corrected chi connectivity index (χ4v) is 1.65. The van der Waals surface area contributed by atoms with Crippen molar-refractivity contribution < 1.29 is 24.0 Å². The third-order valence-electron chi connectivity index (χ3n) is 2.51. The molecule has 7 nitrogen and oxygen atoms in total. The molecule has 108 valence electrons. The van der Waals surface area contributed by atoms with Gasteiger partial charge in [0.05, 0.1) is 10.5 Å². The standard InChI is InChI=1S/C13H9FN2O5/c1-7-4-8(13(17)18)5-12(15-7)21-11-6-9(14)2-3-10(11)16(19)20/h2-6H,1H3,(H,17,18). The van der Waals surface area contributed by atoms with Crippen molar-refractivity contribution in [1.29, 1.82) is 0 Å². The van der Waals surface area contributed by atoms with Crippen LogP contribution in [0.5, 0.6) is 11.6 Å². The van der Waals surface area contributed by atoms with Gasteiger partial charge in [0.15, 0.2) is 0 Å². The lowest BCUT2D eigenvalue weighted by Gasteiger charge is -2.07. The summed E-state index contributed by atoms with van der Waals surface area (Å²) in [7, 11) is 0. The van der Waals surface area contributed by atoms with Crippen molar-refractivity contribution in [3.63, 3.8) is 0 Å². The van der Waals surface area contributed by atoms with Gasteiger partial charge in [-0.25, -0.2) is 14.2 Å². The Labute approximate surface area is 117 Å². The zero-order valence-corrected chi connectivity index (χ0v) is 10.7. The molecule has 1 heterocycles. The van der Waals surface area contributed by atoms with Gasteiger partial charge in [0.2, 0.25) is 11.6 Å². The zero-order valence-electron chi connectivity index (χ0n) is 10.7. The maximum absolute atomic E-state index is 13.2. The SMILES string of the molecule is Cc1cc(C(=O)O)cc(Oc2cc(F)ccc2[N+](=O)[O-])n1. The van der Waals surface area contributed by atoms with Crippen LogP contribution in [0.15, 0.2) is 30.3 Å². The number of halogens is 1. The van der Waals surface area contributed by atoms with Crippen LogP contribution in [0.2, 0.25) is 0 Å². The Morgan fingerprint density at radius 1 is 1.38 bits per heavy atom. The number of nitrogens with zero attached hydrogens (tertiary/aromatic N) is 2. The Hall–Kier alpha value is -3.03. The number of hydrogen-bond acceptors (Lipinski definition) is 5. The van der Waals surface area contributed by atoms with Crippen LogP contribution < -0.4 is 4.74 Å². The number of carboxylic acids is 1. The molecule has 0 unspecified atom stereocenters. The van der Waals surface area contributed by atoms with E-state index in [4.69, 9.17) is 9.84 Å². The van der Waals surface area contributed by atoms with Gasteiger partial charge >= 0.3 is 11.7 Å². The molecule has 0 spiro atoms. The molecule has 1 N–H and O–H groups in total. The number of benzene rings is 1. The summed E-state index contributed by atoms with van der Waals surface area (Å²) < 4.78 is 18.4. The minimum absolute atomic E-state index is 0.0865. The first kappa shape index (κ1) is 14.4. The van der Waals surface area contributed by atoms with Crippen LogP contribution in [0.25, 0.3) is 0 Å². The molecule has 0 saturated heterocycles. The van der Waals surface area contributed by atoms with Crippen LogP contribution in [0.4, 0.5) is 10.1 Å². The second kappa shape index (κ2) is 5.53. The van der Waals surface area contributed by atoms with Gasteiger partial charge in [-0.05, 0) is 19.1 Å². The topological polar surface area (TPSA) is 103 Å². The van der Waals surface area contributed by atoms with Gasteiger partial charge in [0.25, 0.3) is 0 Å². The number of pyridine rings is 1. The first-order valence-electron chi connectivity index (χ1n) is 5.70. The molecular weight excluding hydrogens is 283 g/mol. The zero-order chi connectivity index (χ0) is 15.6. The molecule has 0 aliphatic carbocycles. The number of aromatic carboxylic acids is 1. The Bertz CT molecular complexity index is 732. The van der Waals surface area contributed by atoms with Crippen molar-refractivity contribution in [2.75, 3.05) is 0 Å². The summed E-state index contributed by atoms with van der Waals surface area (Å²) in [6.07, 6.45) is 0. The highest BCUT2D eigenvalue weighted by Gasteiger charge is 2.18. The fourth-order valence-electron chi connectivity index (χ4n) is 1.65. The molecule has 2 rings (SSSR count). The normalized spacial score (nSPS) is 10.2. The van der Waals surface area contributed by atoms with E-state index in [0.717, 1.165) is 24.3 Å². The van der Waals surface area contributed by atoms with Gasteiger partial charge in [0, 0.05) is 23.9 Å². The maximum Gasteiger partial charge on any atom is 0.335 e. The van der Waals surface area contributed by atoms with Crippen LogP contribution in [-0.4, -0.2) is 21.0 Å². The van der Waals surface area contributed by atoms with Gasteiger partial charge in [-0.15, -0.1) is 0 Å². The summed E-state index contributed by atoms with van der Waals surface area (Å²) >= 11 is 0. The van der Waals surface area contributed by atoms with Crippen LogP contribution in [0.1, 0.15) is 16.1 Å². The van der Waals surface area contributed by atoms with Gasteiger partial charge < -0.3 is 9.84 Å². The summed E-state index contributed by atoms with van der Waals surface area (Å²) in [6.45, 7) is 1.54. The second-order valence-corrected chi connectivity index (χ2v) is 4.11. The third kappa shape index (κ3) is 3.30. The number of aryl methyl sites for hydroxylation is 1. The second-order valence-electron chi connectivity index (χ2n) is 4.11. The monoisotopic (exact) mass is 292 g/mol. The average Bonchev–Trinajstić information content (AvgIpc) is 2.37. The van der Waals surface area contributed by atoms with Crippen molar-refractivity contribution in [3.05, 3.63) is 57.5 Å². The van der Waals surface area contributed by atoms with Crippen LogP contribution in [0, 0.1) is 22.9 Å². The predicted octanol–water partition coefficient (Wildman–Crippen LogP) is 2.93. The summed E-state index contributed by atoms with van der Waals surface area (Å²) in [5, 5.41) is 19.8. The highest BCUT2D eigenvalue weighted by atomic mass is 19.1. The van der Waals surface area contributed by atoms with Gasteiger partial charge in [0.1, 0.15) is 5.82 Å². The molecule has 1 aromatic heterocycles. The van der Waals surface area contributed by atoms with E-state index in [9.17, 15) is 19.3 Å². The Morgan fingerprint density at radius 3 is 2.71 bits per heavy atom. The fraction of sp³-hybridized carbons (Fsp3) is 0.0769. The van der Waals surface area contributed by atoms with E-state index in [1.807, 2.05) is 0 Å². The molecule has 0 atom stereocenters. The highest BCUT2D eigenvalue weighted by molar-refractivity contribution is 5.88. The first-order valence-corrected chi connectivity index (χ1v) is 5.70. The van der Waals surface area contributed by atoms with E-state index in [1.54, 1.807) is 6.92 Å². The number of hydrogen-bond donors (Lipinski definition) is 1. The lowest BCUT2D eigenvalue weighted by molar-refractivity contribution is -0.385. The quantitative estimate of drug-likeness (QED) is 0.686. The molecule has 0 aliphatic rings. The number of nitro benzene ring substituents is 1. The largest absolute Gasteiger partial charge is 0.478 e. The lowest BCUT2D eigenvalue weighted by atomic mass is 10.2. The molecule has 8 heteroatoms. The van der Waals surface area contributed by atoms with Crippen LogP contribution >= 0.6 is 0 Å². The average molecular weight is 292 g/mol. The highest BCUT2D eigenvalue weighted by Crippen LogP contribution is 2.31. The lowest BCUT2D eigenvalue weighted by Crippen LogP contribution is -2.01. The van der Waals surface area contributed by atoms with Gasteiger partial charge in [-0.2, -0.15) is 0 Å². The summed E-state index contributed by atoms with van der Waals surface area (Å²) in [6, 6.07) is 5.14. The van der Waals surface area contributed by atoms with E-state index in [1.165, 1.54) is 6.07 Å². The van der Waals surface area contributed by atoms with Crippen molar-refractivity contribution in [3.8, 4) is 11.6 Å². The van der Waals surface area contributed by atoms with E-state index in [0.29, 0.717) is 5.69 Å². The van der Waals surface area contributed by atoms with E-state index in [-0.39, 0.29) is 17.2 Å². The molecule has 21 heavy (non-hydrogen) atoms. The minimum Gasteiger partial charge on any atom is -0.478 e. The van der Waals surface area contributed by atoms with Crippen molar-refractivity contribution in [1.82, 2.24) is 4.98 Å². The molecule has 0 amide bonds. The van der Waals surface area contributed by atoms with Crippen LogP contribution in [0.3, 0.4) is 0 Å². The number of rotatable bonds is 4. The Kier molecular flexibility index (Phi) is 3.79. The third-order valence-corrected chi connectivity index (χ3v) is 2.51. The number of carbonyl (C=O) groups is 1. The Balaban J connectivity index is 2.45. The van der Waals surface area contributed by atoms with Gasteiger partial charge in [-0.1, -0.05) is 0 Å². The van der Waals surface area contributed by atoms with E-state index >= 15 is 0 Å². The van der Waals surface area contributed by atoms with Crippen molar-refractivity contribution in [2.24, 2.45) is 0 Å². The van der Waals surface area contributed by atoms with Crippen LogP contribution in [-0.2, 0) is 0 Å². The molecular formula is C13H9FN2O5. The van der Waals surface area contributed by atoms with E-state index in [2.05, 4.69) is 4.98 Å². The Morgan fingerprint density at radius 2 is 2.10 bits per heavy atom. The first-order chi connectivity index (χ1) is 9.86. The number of aromatic nitrogens is 1.